The third kappa shape index (κ3) is 4.67. The van der Waals surface area contributed by atoms with Crippen LogP contribution in [-0.4, -0.2) is 65.9 Å². The zero-order chi connectivity index (χ0) is 23.6. The third-order valence-corrected chi connectivity index (χ3v) is 6.86. The SMILES string of the molecule is Cc1c(-c2nc(Nc3ccc(CN4CCOCC4)cc3)nc3c2CCNC3)cnc2c1NCCO2. The van der Waals surface area contributed by atoms with E-state index < -0.39 is 0 Å². The summed E-state index contributed by atoms with van der Waals surface area (Å²) in [5.74, 6) is 1.27. The van der Waals surface area contributed by atoms with Gasteiger partial charge in [-0.05, 0) is 43.1 Å². The molecule has 3 aliphatic heterocycles. The van der Waals surface area contributed by atoms with Crippen LogP contribution < -0.4 is 20.7 Å². The summed E-state index contributed by atoms with van der Waals surface area (Å²) in [5, 5.41) is 10.3. The minimum absolute atomic E-state index is 0.602. The van der Waals surface area contributed by atoms with E-state index in [1.165, 1.54) is 11.1 Å². The molecule has 2 aromatic heterocycles. The van der Waals surface area contributed by atoms with Crippen molar-refractivity contribution in [2.45, 2.75) is 26.4 Å². The molecule has 3 N–H and O–H groups in total. The second-order valence-corrected chi connectivity index (χ2v) is 9.21. The predicted molar refractivity (Wildman–Crippen MR) is 135 cm³/mol. The maximum atomic E-state index is 5.73. The quantitative estimate of drug-likeness (QED) is 0.517. The first kappa shape index (κ1) is 22.2. The molecule has 3 aromatic rings. The van der Waals surface area contributed by atoms with Gasteiger partial charge in [0.15, 0.2) is 0 Å². The van der Waals surface area contributed by atoms with Gasteiger partial charge in [0.2, 0.25) is 11.8 Å². The van der Waals surface area contributed by atoms with Gasteiger partial charge < -0.3 is 25.4 Å². The molecule has 0 atom stereocenters. The van der Waals surface area contributed by atoms with E-state index in [1.54, 1.807) is 0 Å². The second kappa shape index (κ2) is 9.77. The summed E-state index contributed by atoms with van der Waals surface area (Å²) in [4.78, 5) is 16.9. The molecule has 3 aliphatic rings. The molecule has 5 heterocycles. The van der Waals surface area contributed by atoms with Gasteiger partial charge in [0.05, 0.1) is 24.6 Å². The minimum Gasteiger partial charge on any atom is -0.474 e. The van der Waals surface area contributed by atoms with Crippen LogP contribution in [0, 0.1) is 6.92 Å². The van der Waals surface area contributed by atoms with Crippen molar-refractivity contribution in [1.29, 1.82) is 0 Å². The highest BCUT2D eigenvalue weighted by Gasteiger charge is 2.23. The number of benzene rings is 1. The Morgan fingerprint density at radius 2 is 1.91 bits per heavy atom. The van der Waals surface area contributed by atoms with E-state index in [0.717, 1.165) is 92.8 Å². The Morgan fingerprint density at radius 1 is 1.06 bits per heavy atom. The van der Waals surface area contributed by atoms with Crippen LogP contribution in [0.4, 0.5) is 17.3 Å². The van der Waals surface area contributed by atoms with Gasteiger partial charge in [0, 0.05) is 55.7 Å². The molecule has 0 bridgehead atoms. The zero-order valence-corrected chi connectivity index (χ0v) is 20.1. The molecule has 1 aromatic carbocycles. The van der Waals surface area contributed by atoms with Gasteiger partial charge in [-0.15, -0.1) is 0 Å². The number of fused-ring (bicyclic) bond motifs is 2. The Bertz CT molecular complexity index is 1210. The van der Waals surface area contributed by atoms with Gasteiger partial charge in [-0.2, -0.15) is 0 Å². The molecule has 1 fully saturated rings. The summed E-state index contributed by atoms with van der Waals surface area (Å²) in [6.07, 6.45) is 2.78. The first-order valence-corrected chi connectivity index (χ1v) is 12.4. The van der Waals surface area contributed by atoms with Crippen LogP contribution in [0.25, 0.3) is 11.3 Å². The fourth-order valence-corrected chi connectivity index (χ4v) is 4.94. The summed E-state index contributed by atoms with van der Waals surface area (Å²) < 4.78 is 11.2. The van der Waals surface area contributed by atoms with E-state index in [2.05, 4.69) is 57.0 Å². The number of aromatic nitrogens is 3. The monoisotopic (exact) mass is 473 g/mol. The minimum atomic E-state index is 0.602. The van der Waals surface area contributed by atoms with Gasteiger partial charge in [0.1, 0.15) is 12.3 Å². The molecule has 35 heavy (non-hydrogen) atoms. The summed E-state index contributed by atoms with van der Waals surface area (Å²) in [7, 11) is 0. The summed E-state index contributed by atoms with van der Waals surface area (Å²) >= 11 is 0. The molecule has 0 unspecified atom stereocenters. The van der Waals surface area contributed by atoms with E-state index in [4.69, 9.17) is 19.4 Å². The van der Waals surface area contributed by atoms with E-state index in [9.17, 15) is 0 Å². The third-order valence-electron chi connectivity index (χ3n) is 6.86. The molecule has 0 saturated carbocycles. The van der Waals surface area contributed by atoms with Gasteiger partial charge in [-0.1, -0.05) is 12.1 Å². The molecular weight excluding hydrogens is 442 g/mol. The molecule has 0 amide bonds. The van der Waals surface area contributed by atoms with Gasteiger partial charge >= 0.3 is 0 Å². The first-order valence-electron chi connectivity index (χ1n) is 12.4. The van der Waals surface area contributed by atoms with Crippen molar-refractivity contribution in [3.63, 3.8) is 0 Å². The fraction of sp³-hybridized carbons (Fsp3) is 0.423. The standard InChI is InChI=1S/C26H31N7O2/c1-17-21(14-29-25-23(17)28-8-11-35-25)24-20-6-7-27-15-22(20)31-26(32-24)30-19-4-2-18(3-5-19)16-33-9-12-34-13-10-33/h2-5,14,27-28H,6-13,15-16H2,1H3,(H,30,31,32). The number of ether oxygens (including phenoxy) is 2. The van der Waals surface area contributed by atoms with Gasteiger partial charge in [-0.3, -0.25) is 4.90 Å². The highest BCUT2D eigenvalue weighted by molar-refractivity contribution is 5.77. The van der Waals surface area contributed by atoms with Gasteiger partial charge in [-0.25, -0.2) is 15.0 Å². The molecule has 9 nitrogen and oxygen atoms in total. The number of rotatable bonds is 5. The predicted octanol–water partition coefficient (Wildman–Crippen LogP) is 2.87. The summed E-state index contributed by atoms with van der Waals surface area (Å²) in [5.41, 5.74) is 8.52. The fourth-order valence-electron chi connectivity index (χ4n) is 4.94. The highest BCUT2D eigenvalue weighted by Crippen LogP contribution is 2.37. The number of hydrogen-bond acceptors (Lipinski definition) is 9. The smallest absolute Gasteiger partial charge is 0.237 e. The Labute approximate surface area is 205 Å². The van der Waals surface area contributed by atoms with Crippen molar-refractivity contribution in [3.05, 3.63) is 52.8 Å². The zero-order valence-electron chi connectivity index (χ0n) is 20.1. The van der Waals surface area contributed by atoms with Gasteiger partial charge in [0.25, 0.3) is 0 Å². The van der Waals surface area contributed by atoms with Crippen LogP contribution in [0.3, 0.4) is 0 Å². The molecule has 1 saturated heterocycles. The molecule has 0 aliphatic carbocycles. The van der Waals surface area contributed by atoms with Crippen molar-refractivity contribution >= 4 is 17.3 Å². The van der Waals surface area contributed by atoms with Crippen LogP contribution >= 0.6 is 0 Å². The number of nitrogens with zero attached hydrogens (tertiary/aromatic N) is 4. The van der Waals surface area contributed by atoms with Crippen LogP contribution in [0.2, 0.25) is 0 Å². The van der Waals surface area contributed by atoms with Crippen LogP contribution in [0.1, 0.15) is 22.4 Å². The molecule has 6 rings (SSSR count). The Morgan fingerprint density at radius 3 is 2.77 bits per heavy atom. The average Bonchev–Trinajstić information content (AvgIpc) is 2.90. The lowest BCUT2D eigenvalue weighted by Gasteiger charge is -2.26. The number of hydrogen-bond donors (Lipinski definition) is 3. The topological polar surface area (TPSA) is 96.5 Å². The van der Waals surface area contributed by atoms with E-state index in [0.29, 0.717) is 18.4 Å². The van der Waals surface area contributed by atoms with Crippen LogP contribution in [0.5, 0.6) is 5.88 Å². The number of pyridine rings is 1. The second-order valence-electron chi connectivity index (χ2n) is 9.21. The maximum Gasteiger partial charge on any atom is 0.237 e. The van der Waals surface area contributed by atoms with Crippen LogP contribution in [-0.2, 0) is 24.2 Å². The average molecular weight is 474 g/mol. The van der Waals surface area contributed by atoms with Crippen molar-refractivity contribution in [2.24, 2.45) is 0 Å². The highest BCUT2D eigenvalue weighted by atomic mass is 16.5. The number of anilines is 3. The molecule has 0 spiro atoms. The lowest BCUT2D eigenvalue weighted by molar-refractivity contribution is 0.0342. The lowest BCUT2D eigenvalue weighted by atomic mass is 9.97. The molecule has 9 heteroatoms. The van der Waals surface area contributed by atoms with E-state index >= 15 is 0 Å². The molecule has 182 valence electrons. The van der Waals surface area contributed by atoms with Crippen molar-refractivity contribution in [2.75, 3.05) is 56.6 Å². The summed E-state index contributed by atoms with van der Waals surface area (Å²) in [6.45, 7) is 9.70. The Balaban J connectivity index is 1.29. The van der Waals surface area contributed by atoms with Crippen molar-refractivity contribution in [3.8, 4) is 17.1 Å². The number of nitrogens with one attached hydrogen (secondary N) is 3. The lowest BCUT2D eigenvalue weighted by Crippen LogP contribution is -2.35. The van der Waals surface area contributed by atoms with Crippen LogP contribution in [0.15, 0.2) is 30.5 Å². The maximum absolute atomic E-state index is 5.73. The Hall–Kier alpha value is -3.27. The van der Waals surface area contributed by atoms with E-state index in [1.807, 2.05) is 6.20 Å². The largest absolute Gasteiger partial charge is 0.474 e. The van der Waals surface area contributed by atoms with E-state index in [-0.39, 0.29) is 0 Å². The molecular formula is C26H31N7O2. The van der Waals surface area contributed by atoms with Crippen molar-refractivity contribution in [1.82, 2.24) is 25.2 Å². The molecule has 0 radical (unpaired) electrons. The normalized spacial score (nSPS) is 17.6. The first-order chi connectivity index (χ1) is 17.2. The number of morpholine rings is 1. The summed E-state index contributed by atoms with van der Waals surface area (Å²) in [6, 6.07) is 8.54. The Kier molecular flexibility index (Phi) is 6.20. The van der Waals surface area contributed by atoms with Crippen molar-refractivity contribution < 1.29 is 9.47 Å².